The number of pyridine rings is 4. The van der Waals surface area contributed by atoms with Gasteiger partial charge in [-0.1, -0.05) is 173 Å². The average molecular weight is 1030 g/mol. The van der Waals surface area contributed by atoms with Gasteiger partial charge in [0, 0.05) is 33.2 Å². The van der Waals surface area contributed by atoms with Gasteiger partial charge in [-0.3, -0.25) is 0 Å². The summed E-state index contributed by atoms with van der Waals surface area (Å²) >= 11 is 0. The monoisotopic (exact) mass is 1030 g/mol. The summed E-state index contributed by atoms with van der Waals surface area (Å²) in [5.74, 6) is 3.95. The maximum absolute atomic E-state index is 7.81. The molecular formula is C70H50B2N6O2. The maximum Gasteiger partial charge on any atom is 0.256 e. The number of rotatable bonds is 8. The minimum atomic E-state index is -0.288. The zero-order valence-corrected chi connectivity index (χ0v) is 44.7. The molecule has 2 unspecified atom stereocenters. The predicted molar refractivity (Wildman–Crippen MR) is 328 cm³/mol. The van der Waals surface area contributed by atoms with Gasteiger partial charge in [0.1, 0.15) is 45.1 Å². The van der Waals surface area contributed by atoms with Crippen molar-refractivity contribution in [3.63, 3.8) is 0 Å². The molecule has 0 saturated carbocycles. The first kappa shape index (κ1) is 45.5. The Morgan fingerprint density at radius 2 is 0.750 bits per heavy atom. The summed E-state index contributed by atoms with van der Waals surface area (Å²) in [6.45, 7) is 8.61. The summed E-state index contributed by atoms with van der Waals surface area (Å²) in [4.78, 5) is 22.6. The molecule has 80 heavy (non-hydrogen) atoms. The van der Waals surface area contributed by atoms with Crippen molar-refractivity contribution in [1.82, 2.24) is 29.1 Å². The molecule has 13 aromatic rings. The molecule has 0 amide bonds. The average Bonchev–Trinajstić information content (AvgIpc) is 2.01. The van der Waals surface area contributed by atoms with Crippen LogP contribution in [0.2, 0.25) is 0 Å². The van der Waals surface area contributed by atoms with Crippen LogP contribution in [-0.2, 0) is 0 Å². The van der Waals surface area contributed by atoms with E-state index in [-0.39, 0.29) is 13.4 Å². The van der Waals surface area contributed by atoms with E-state index >= 15 is 0 Å². The molecule has 17 rings (SSSR count). The highest BCUT2D eigenvalue weighted by molar-refractivity contribution is 7.02. The van der Waals surface area contributed by atoms with E-state index in [9.17, 15) is 0 Å². The second-order valence-corrected chi connectivity index (χ2v) is 22.3. The molecule has 4 aliphatic rings. The lowest BCUT2D eigenvalue weighted by Gasteiger charge is -2.41. The first-order valence-electron chi connectivity index (χ1n) is 28.2. The molecule has 10 heterocycles. The van der Waals surface area contributed by atoms with E-state index in [4.69, 9.17) is 29.4 Å². The van der Waals surface area contributed by atoms with E-state index in [0.717, 1.165) is 169 Å². The Morgan fingerprint density at radius 3 is 1.12 bits per heavy atom. The molecule has 2 atom stereocenters. The van der Waals surface area contributed by atoms with Gasteiger partial charge in [0.25, 0.3) is 13.4 Å². The molecule has 10 heteroatoms. The molecule has 378 valence electrons. The van der Waals surface area contributed by atoms with E-state index in [1.165, 1.54) is 11.1 Å². The van der Waals surface area contributed by atoms with Crippen molar-refractivity contribution in [2.24, 2.45) is 0 Å². The molecule has 0 fully saturated rings. The number of hydrogen-bond donors (Lipinski definition) is 0. The quantitative estimate of drug-likeness (QED) is 0.141. The van der Waals surface area contributed by atoms with Crippen molar-refractivity contribution in [3.8, 4) is 79.4 Å². The fourth-order valence-electron chi connectivity index (χ4n) is 13.7. The normalized spacial score (nSPS) is 13.9. The van der Waals surface area contributed by atoms with Crippen LogP contribution in [0.1, 0.15) is 63.5 Å². The Morgan fingerprint density at radius 1 is 0.388 bits per heavy atom. The van der Waals surface area contributed by atoms with Crippen molar-refractivity contribution in [2.75, 3.05) is 0 Å². The van der Waals surface area contributed by atoms with E-state index in [1.54, 1.807) is 0 Å². The molecular weight excluding hydrogens is 978 g/mol. The smallest absolute Gasteiger partial charge is 0.256 e. The minimum Gasteiger partial charge on any atom is -0.456 e. The van der Waals surface area contributed by atoms with Crippen molar-refractivity contribution >= 4 is 90.3 Å². The molecule has 6 aromatic heterocycles. The van der Waals surface area contributed by atoms with Crippen LogP contribution in [0.4, 0.5) is 0 Å². The highest BCUT2D eigenvalue weighted by Gasteiger charge is 2.51. The number of fused-ring (bicyclic) bond motifs is 16. The fourth-order valence-corrected chi connectivity index (χ4v) is 13.7. The number of nitrogens with zero attached hydrogens (tertiary/aromatic N) is 6. The van der Waals surface area contributed by atoms with Crippen molar-refractivity contribution in [1.29, 1.82) is 0 Å². The first-order chi connectivity index (χ1) is 39.4. The Kier molecular flexibility index (Phi) is 9.66. The van der Waals surface area contributed by atoms with Gasteiger partial charge in [-0.25, -0.2) is 19.9 Å². The van der Waals surface area contributed by atoms with Crippen LogP contribution in [0.3, 0.4) is 0 Å². The first-order valence-corrected chi connectivity index (χ1v) is 28.2. The molecule has 0 bridgehead atoms. The molecule has 0 spiro atoms. The number of ether oxygens (including phenoxy) is 2. The van der Waals surface area contributed by atoms with Crippen LogP contribution in [0, 0.1) is 0 Å². The highest BCUT2D eigenvalue weighted by atomic mass is 16.5. The van der Waals surface area contributed by atoms with E-state index in [2.05, 4.69) is 231 Å². The summed E-state index contributed by atoms with van der Waals surface area (Å²) in [5, 5.41) is 0. The van der Waals surface area contributed by atoms with E-state index in [0.29, 0.717) is 11.8 Å². The van der Waals surface area contributed by atoms with Crippen molar-refractivity contribution in [3.05, 3.63) is 205 Å². The summed E-state index contributed by atoms with van der Waals surface area (Å²) in [5.41, 5.74) is 26.2. The fraction of sp³-hybridized carbons (Fsp3) is 0.114. The van der Waals surface area contributed by atoms with Gasteiger partial charge in [-0.15, -0.1) is 0 Å². The van der Waals surface area contributed by atoms with Gasteiger partial charge < -0.3 is 18.6 Å². The summed E-state index contributed by atoms with van der Waals surface area (Å²) in [7, 11) is 0. The Hall–Kier alpha value is -9.53. The third-order valence-electron chi connectivity index (χ3n) is 18.0. The van der Waals surface area contributed by atoms with Gasteiger partial charge in [-0.2, -0.15) is 0 Å². The summed E-state index contributed by atoms with van der Waals surface area (Å²) in [6.07, 6.45) is 2.02. The maximum atomic E-state index is 7.81. The molecule has 0 N–H and O–H groups in total. The number of hydrogen-bond acceptors (Lipinski definition) is 6. The third-order valence-corrected chi connectivity index (χ3v) is 18.0. The lowest BCUT2D eigenvalue weighted by atomic mass is 9.31. The zero-order chi connectivity index (χ0) is 53.1. The summed E-state index contributed by atoms with van der Waals surface area (Å²) in [6, 6.07) is 69.5. The lowest BCUT2D eigenvalue weighted by Crippen LogP contribution is -2.63. The minimum absolute atomic E-state index is 0.288. The Bertz CT molecular complexity index is 4490. The van der Waals surface area contributed by atoms with Crippen LogP contribution in [-0.4, -0.2) is 42.5 Å². The topological polar surface area (TPSA) is 79.9 Å². The Balaban J connectivity index is 1.07. The molecule has 0 saturated heterocycles. The van der Waals surface area contributed by atoms with Crippen LogP contribution < -0.4 is 42.3 Å². The van der Waals surface area contributed by atoms with E-state index in [1.807, 2.05) is 0 Å². The van der Waals surface area contributed by atoms with Crippen LogP contribution in [0.5, 0.6) is 23.0 Å². The lowest BCUT2D eigenvalue weighted by molar-refractivity contribution is 0.472. The van der Waals surface area contributed by atoms with Gasteiger partial charge in [0.15, 0.2) is 0 Å². The SMILES string of the molecule is CCC(C)c1ccc2c(c1)B1c3c(c4c5c(c3-n3c6ccc(-c7ccccc7)nc6c6nc(-c7ccccc7)cc1c63)Oc1ccc(C(C)CC)cc1B5c1cc(-c3ccccc3)nc3c5nc(-c6ccccc6)ccc5n-4c13)O2. The van der Waals surface area contributed by atoms with Crippen LogP contribution >= 0.6 is 0 Å². The second kappa shape index (κ2) is 17.0. The van der Waals surface area contributed by atoms with Gasteiger partial charge >= 0.3 is 0 Å². The van der Waals surface area contributed by atoms with Gasteiger partial charge in [0.05, 0.1) is 56.2 Å². The van der Waals surface area contributed by atoms with Crippen molar-refractivity contribution in [2.45, 2.75) is 52.4 Å². The highest BCUT2D eigenvalue weighted by Crippen LogP contribution is 2.49. The molecule has 7 aromatic carbocycles. The van der Waals surface area contributed by atoms with Crippen molar-refractivity contribution < 1.29 is 9.47 Å². The third kappa shape index (κ3) is 6.30. The zero-order valence-electron chi connectivity index (χ0n) is 44.7. The van der Waals surface area contributed by atoms with Crippen LogP contribution in [0.15, 0.2) is 194 Å². The van der Waals surface area contributed by atoms with Crippen LogP contribution in [0.25, 0.3) is 101 Å². The molecule has 0 radical (unpaired) electrons. The molecule has 4 aliphatic heterocycles. The number of aromatic nitrogens is 6. The molecule has 0 aliphatic carbocycles. The van der Waals surface area contributed by atoms with E-state index < -0.39 is 0 Å². The van der Waals surface area contributed by atoms with Gasteiger partial charge in [-0.05, 0) is 106 Å². The predicted octanol–water partition coefficient (Wildman–Crippen LogP) is 13.0. The summed E-state index contributed by atoms with van der Waals surface area (Å²) < 4.78 is 20.5. The largest absolute Gasteiger partial charge is 0.456 e. The van der Waals surface area contributed by atoms with Gasteiger partial charge in [0.2, 0.25) is 0 Å². The standard InChI is InChI=1S/C70H50B2N6O2/c1-5-39(3)45-27-33-57-47(35-45)71-49-37-53(43-23-15-9-16-24-43)75-63-61-55(31-29-51(73-61)41-19-11-7-12-20-41)77(65(49)63)67-59(71)69(79-57)68-60-70(67)80-58-34-28-46(40(4)6-2)36-48(58)72(60)50-38-54(44-25-17-10-18-26-44)76-64-62-56(78(68)66(50)64)32-30-52(74-62)42-21-13-8-14-22-42/h7-40H,5-6H2,1-4H3. The second-order valence-electron chi connectivity index (χ2n) is 22.3. The molecule has 8 nitrogen and oxygen atoms in total. The number of benzene rings is 7. The Labute approximate surface area is 463 Å².